The number of phosphoric ester groups is 1. The van der Waals surface area contributed by atoms with Gasteiger partial charge in [-0.25, -0.2) is 0 Å². The molecule has 0 rings (SSSR count). The Morgan fingerprint density at radius 3 is 1.05 bits per heavy atom. The molecule has 0 aliphatic rings. The van der Waals surface area contributed by atoms with E-state index in [1.54, 1.807) is 0 Å². The Balaban J connectivity index is 4.57. The third kappa shape index (κ3) is 43.1. The second-order valence-electron chi connectivity index (χ2n) is 17.0. The Morgan fingerprint density at radius 1 is 0.417 bits per heavy atom. The van der Waals surface area contributed by atoms with Crippen LogP contribution in [0.5, 0.6) is 0 Å². The van der Waals surface area contributed by atoms with Gasteiger partial charge in [-0.2, -0.15) is 0 Å². The predicted molar refractivity (Wildman–Crippen MR) is 241 cm³/mol. The maximum atomic E-state index is 12.7. The first-order valence-electron chi connectivity index (χ1n) is 24.9. The zero-order valence-electron chi connectivity index (χ0n) is 38.9. The molecule has 0 aromatic rings. The molecule has 0 saturated heterocycles. The summed E-state index contributed by atoms with van der Waals surface area (Å²) in [7, 11) is -4.95. The summed E-state index contributed by atoms with van der Waals surface area (Å²) in [6.45, 7) is 4.62. The highest BCUT2D eigenvalue weighted by molar-refractivity contribution is 7.45. The van der Waals surface area contributed by atoms with Crippen LogP contribution in [0.2, 0.25) is 0 Å². The van der Waals surface area contributed by atoms with E-state index in [-0.39, 0.29) is 25.9 Å². The van der Waals surface area contributed by atoms with Gasteiger partial charge in [0.1, 0.15) is 19.3 Å². The van der Waals surface area contributed by atoms with Crippen molar-refractivity contribution in [2.24, 2.45) is 0 Å². The molecule has 0 aromatic carbocycles. The van der Waals surface area contributed by atoms with Crippen molar-refractivity contribution in [2.45, 2.75) is 264 Å². The summed E-state index contributed by atoms with van der Waals surface area (Å²) >= 11 is 0. The van der Waals surface area contributed by atoms with Crippen LogP contribution in [-0.2, 0) is 42.2 Å². The van der Waals surface area contributed by atoms with E-state index >= 15 is 0 Å². The summed E-state index contributed by atoms with van der Waals surface area (Å²) in [4.78, 5) is 49.9. The van der Waals surface area contributed by atoms with Crippen LogP contribution in [-0.4, -0.2) is 61.6 Å². The number of carbonyl (C=O) groups excluding carboxylic acids is 3. The monoisotopic (exact) mass is 876 g/mol. The van der Waals surface area contributed by atoms with Gasteiger partial charge in [-0.1, -0.05) is 213 Å². The molecule has 0 aromatic heterocycles. The fourth-order valence-electron chi connectivity index (χ4n) is 7.12. The number of aliphatic hydroxyl groups excluding tert-OH is 1. The van der Waals surface area contributed by atoms with Crippen molar-refractivity contribution in [1.82, 2.24) is 0 Å². The van der Waals surface area contributed by atoms with E-state index in [0.29, 0.717) is 19.3 Å². The van der Waals surface area contributed by atoms with Gasteiger partial charge in [-0.15, -0.1) is 0 Å². The number of esters is 3. The molecule has 0 bridgehead atoms. The van der Waals surface area contributed by atoms with Crippen molar-refractivity contribution < 1.29 is 52.2 Å². The SMILES string of the molecule is CCCCCCCCCCCCCC(=O)OCC(O)COP(=O)([O-])OCC(COC(=O)CCCCCCCCCCCCC)OC(=O)CCCCCCCCCCCCC. The molecule has 60 heavy (non-hydrogen) atoms. The quantitative estimate of drug-likeness (QED) is 0.0268. The highest BCUT2D eigenvalue weighted by Crippen LogP contribution is 2.38. The van der Waals surface area contributed by atoms with Crippen LogP contribution in [0.15, 0.2) is 0 Å². The summed E-state index contributed by atoms with van der Waals surface area (Å²) in [5.74, 6) is -1.42. The Hall–Kier alpha value is -1.52. The largest absolute Gasteiger partial charge is 0.756 e. The first-order chi connectivity index (χ1) is 29.1. The Kier molecular flexibility index (Phi) is 43.0. The zero-order chi connectivity index (χ0) is 44.2. The Bertz CT molecular complexity index is 1030. The highest BCUT2D eigenvalue weighted by Gasteiger charge is 2.22. The van der Waals surface area contributed by atoms with Gasteiger partial charge in [-0.3, -0.25) is 18.9 Å². The number of hydrogen-bond donors (Lipinski definition) is 1. The molecule has 0 aliphatic carbocycles. The topological polar surface area (TPSA) is 158 Å². The molecule has 0 heterocycles. The number of hydrogen-bond acceptors (Lipinski definition) is 11. The zero-order valence-corrected chi connectivity index (χ0v) is 39.8. The average molecular weight is 876 g/mol. The van der Waals surface area contributed by atoms with Gasteiger partial charge in [0.2, 0.25) is 0 Å². The summed E-state index contributed by atoms with van der Waals surface area (Å²) < 4.78 is 38.4. The molecular weight excluding hydrogens is 783 g/mol. The number of phosphoric acid groups is 1. The summed E-state index contributed by atoms with van der Waals surface area (Å²) in [5.41, 5.74) is 0. The van der Waals surface area contributed by atoms with Crippen LogP contribution >= 0.6 is 7.82 Å². The van der Waals surface area contributed by atoms with E-state index in [1.165, 1.54) is 135 Å². The van der Waals surface area contributed by atoms with E-state index in [2.05, 4.69) is 20.8 Å². The fourth-order valence-corrected chi connectivity index (χ4v) is 7.90. The molecule has 0 fully saturated rings. The molecular formula is C48H92O11P-. The molecule has 0 saturated carbocycles. The molecule has 0 radical (unpaired) electrons. The van der Waals surface area contributed by atoms with Gasteiger partial charge in [0.05, 0.1) is 13.2 Å². The van der Waals surface area contributed by atoms with Crippen molar-refractivity contribution in [3.8, 4) is 0 Å². The lowest BCUT2D eigenvalue weighted by atomic mass is 10.1. The number of aliphatic hydroxyl groups is 1. The van der Waals surface area contributed by atoms with Crippen molar-refractivity contribution in [3.63, 3.8) is 0 Å². The van der Waals surface area contributed by atoms with Crippen LogP contribution in [0.1, 0.15) is 252 Å². The molecule has 0 aliphatic heterocycles. The summed E-state index contributed by atoms with van der Waals surface area (Å²) in [5, 5.41) is 10.2. The van der Waals surface area contributed by atoms with Crippen LogP contribution in [0, 0.1) is 0 Å². The van der Waals surface area contributed by atoms with E-state index in [1.807, 2.05) is 0 Å². The van der Waals surface area contributed by atoms with Crippen LogP contribution in [0.4, 0.5) is 0 Å². The van der Waals surface area contributed by atoms with Gasteiger partial charge in [-0.05, 0) is 19.3 Å². The van der Waals surface area contributed by atoms with E-state index in [9.17, 15) is 28.9 Å². The average Bonchev–Trinajstić information content (AvgIpc) is 3.23. The van der Waals surface area contributed by atoms with Crippen LogP contribution < -0.4 is 4.89 Å². The van der Waals surface area contributed by atoms with Gasteiger partial charge in [0.25, 0.3) is 7.82 Å². The minimum absolute atomic E-state index is 0.163. The van der Waals surface area contributed by atoms with E-state index in [0.717, 1.165) is 57.8 Å². The lowest BCUT2D eigenvalue weighted by Crippen LogP contribution is -2.31. The second-order valence-corrected chi connectivity index (χ2v) is 18.4. The minimum Gasteiger partial charge on any atom is -0.756 e. The normalized spacial score (nSPS) is 13.5. The summed E-state index contributed by atoms with van der Waals surface area (Å²) in [6.07, 6.45) is 36.2. The van der Waals surface area contributed by atoms with Crippen LogP contribution in [0.3, 0.4) is 0 Å². The lowest BCUT2D eigenvalue weighted by molar-refractivity contribution is -0.230. The standard InChI is InChI=1S/C48H93O11P/c1-4-7-10-13-16-19-22-25-28-31-34-37-46(50)55-40-44(49)41-57-60(53,54)58-43-45(59-48(52)39-36-33-30-27-24-21-18-15-12-9-6-3)42-56-47(51)38-35-32-29-26-23-20-17-14-11-8-5-2/h44-45,49H,4-43H2,1-3H3,(H,53,54)/p-1. The molecule has 12 heteroatoms. The molecule has 1 N–H and O–H groups in total. The molecule has 0 spiro atoms. The van der Waals surface area contributed by atoms with Gasteiger partial charge < -0.3 is 33.3 Å². The molecule has 3 atom stereocenters. The minimum atomic E-state index is -4.95. The van der Waals surface area contributed by atoms with Gasteiger partial charge in [0, 0.05) is 19.3 Å². The fraction of sp³-hybridized carbons (Fsp3) is 0.938. The van der Waals surface area contributed by atoms with Crippen molar-refractivity contribution in [2.75, 3.05) is 26.4 Å². The first-order valence-corrected chi connectivity index (χ1v) is 26.4. The Labute approximate surface area is 367 Å². The number of ether oxygens (including phenoxy) is 3. The maximum absolute atomic E-state index is 12.7. The third-order valence-corrected chi connectivity index (χ3v) is 11.9. The molecule has 3 unspecified atom stereocenters. The molecule has 0 amide bonds. The van der Waals surface area contributed by atoms with E-state index in [4.69, 9.17) is 23.3 Å². The van der Waals surface area contributed by atoms with Crippen molar-refractivity contribution in [1.29, 1.82) is 0 Å². The van der Waals surface area contributed by atoms with Crippen molar-refractivity contribution in [3.05, 3.63) is 0 Å². The van der Waals surface area contributed by atoms with Gasteiger partial charge >= 0.3 is 17.9 Å². The van der Waals surface area contributed by atoms with E-state index < -0.39 is 57.8 Å². The molecule has 356 valence electrons. The number of rotatable bonds is 47. The first kappa shape index (κ1) is 58.5. The summed E-state index contributed by atoms with van der Waals surface area (Å²) in [6, 6.07) is 0. The predicted octanol–water partition coefficient (Wildman–Crippen LogP) is 13.0. The number of carbonyl (C=O) groups is 3. The smallest absolute Gasteiger partial charge is 0.306 e. The highest BCUT2D eigenvalue weighted by atomic mass is 31.2. The van der Waals surface area contributed by atoms with Crippen LogP contribution in [0.25, 0.3) is 0 Å². The maximum Gasteiger partial charge on any atom is 0.306 e. The number of unbranched alkanes of at least 4 members (excludes halogenated alkanes) is 30. The third-order valence-electron chi connectivity index (χ3n) is 11.0. The van der Waals surface area contributed by atoms with Gasteiger partial charge in [0.15, 0.2) is 6.10 Å². The van der Waals surface area contributed by atoms with Crippen molar-refractivity contribution >= 4 is 25.7 Å². The second kappa shape index (κ2) is 44.1. The Morgan fingerprint density at radius 2 is 0.700 bits per heavy atom. The molecule has 11 nitrogen and oxygen atoms in total. The lowest BCUT2D eigenvalue weighted by Gasteiger charge is -2.26.